The van der Waals surface area contributed by atoms with Crippen molar-refractivity contribution in [3.05, 3.63) is 24.6 Å². The standard InChI is InChI=1S/C5H2ClI2N/c6-5-3(7)1-2-4(8)9-5/h1-2H. The third kappa shape index (κ3) is 2.19. The normalized spacial score (nSPS) is 9.67. The average molecular weight is 365 g/mol. The molecule has 4 heteroatoms. The minimum Gasteiger partial charge on any atom is -0.229 e. The van der Waals surface area contributed by atoms with Crippen molar-refractivity contribution in [3.8, 4) is 0 Å². The van der Waals surface area contributed by atoms with E-state index in [1.165, 1.54) is 0 Å². The molecule has 0 amide bonds. The van der Waals surface area contributed by atoms with E-state index in [2.05, 4.69) is 50.2 Å². The van der Waals surface area contributed by atoms with Gasteiger partial charge >= 0.3 is 0 Å². The minimum atomic E-state index is 0.586. The highest BCUT2D eigenvalue weighted by atomic mass is 127. The Kier molecular flexibility index (Phi) is 2.97. The molecular formula is C5H2ClI2N. The highest BCUT2D eigenvalue weighted by molar-refractivity contribution is 14.1. The van der Waals surface area contributed by atoms with Gasteiger partial charge in [0.25, 0.3) is 0 Å². The molecule has 0 aliphatic rings. The summed E-state index contributed by atoms with van der Waals surface area (Å²) in [7, 11) is 0. The summed E-state index contributed by atoms with van der Waals surface area (Å²) >= 11 is 9.96. The molecule has 9 heavy (non-hydrogen) atoms. The maximum absolute atomic E-state index is 5.69. The third-order valence-corrected chi connectivity index (χ3v) is 2.85. The zero-order valence-electron chi connectivity index (χ0n) is 4.24. The van der Waals surface area contributed by atoms with Crippen molar-refractivity contribution >= 4 is 56.8 Å². The monoisotopic (exact) mass is 365 g/mol. The van der Waals surface area contributed by atoms with E-state index in [9.17, 15) is 0 Å². The molecule has 0 radical (unpaired) electrons. The molecule has 0 N–H and O–H groups in total. The summed E-state index contributed by atoms with van der Waals surface area (Å²) in [5.74, 6) is 0. The predicted molar refractivity (Wildman–Crippen MR) is 54.7 cm³/mol. The molecule has 0 saturated heterocycles. The summed E-state index contributed by atoms with van der Waals surface area (Å²) in [6.07, 6.45) is 0. The molecule has 1 nitrogen and oxygen atoms in total. The SMILES string of the molecule is Clc1nc(I)ccc1I. The van der Waals surface area contributed by atoms with E-state index in [1.807, 2.05) is 12.1 Å². The van der Waals surface area contributed by atoms with Gasteiger partial charge in [-0.25, -0.2) is 4.98 Å². The van der Waals surface area contributed by atoms with Crippen molar-refractivity contribution in [2.24, 2.45) is 0 Å². The van der Waals surface area contributed by atoms with E-state index in [0.717, 1.165) is 7.27 Å². The third-order valence-electron chi connectivity index (χ3n) is 0.769. The Hall–Kier alpha value is 0.900. The summed E-state index contributed by atoms with van der Waals surface area (Å²) in [4.78, 5) is 4.02. The van der Waals surface area contributed by atoms with Crippen molar-refractivity contribution in [3.63, 3.8) is 0 Å². The lowest BCUT2D eigenvalue weighted by Crippen LogP contribution is -1.82. The van der Waals surface area contributed by atoms with E-state index < -0.39 is 0 Å². The molecule has 0 saturated carbocycles. The van der Waals surface area contributed by atoms with E-state index >= 15 is 0 Å². The smallest absolute Gasteiger partial charge is 0.143 e. The predicted octanol–water partition coefficient (Wildman–Crippen LogP) is 2.94. The molecule has 0 bridgehead atoms. The summed E-state index contributed by atoms with van der Waals surface area (Å²) in [5, 5.41) is 0.586. The van der Waals surface area contributed by atoms with Gasteiger partial charge in [0.1, 0.15) is 8.85 Å². The van der Waals surface area contributed by atoms with Crippen LogP contribution in [0.4, 0.5) is 0 Å². The van der Waals surface area contributed by atoms with E-state index in [-0.39, 0.29) is 0 Å². The molecule has 0 fully saturated rings. The van der Waals surface area contributed by atoms with Crippen LogP contribution in [0.15, 0.2) is 12.1 Å². The van der Waals surface area contributed by atoms with E-state index in [1.54, 1.807) is 0 Å². The van der Waals surface area contributed by atoms with Crippen LogP contribution < -0.4 is 0 Å². The van der Waals surface area contributed by atoms with Crippen molar-refractivity contribution < 1.29 is 0 Å². The first-order chi connectivity index (χ1) is 4.20. The lowest BCUT2D eigenvalue weighted by atomic mass is 10.5. The molecule has 0 spiro atoms. The van der Waals surface area contributed by atoms with Crippen LogP contribution in [-0.4, -0.2) is 4.98 Å². The fraction of sp³-hybridized carbons (Fsp3) is 0. The fourth-order valence-electron chi connectivity index (χ4n) is 0.395. The van der Waals surface area contributed by atoms with Crippen LogP contribution in [0.3, 0.4) is 0 Å². The Balaban J connectivity index is 3.17. The number of halogens is 3. The number of rotatable bonds is 0. The number of nitrogens with zero attached hydrogens (tertiary/aromatic N) is 1. The molecule has 0 unspecified atom stereocenters. The van der Waals surface area contributed by atoms with Gasteiger partial charge in [-0.05, 0) is 57.3 Å². The first-order valence-electron chi connectivity index (χ1n) is 2.17. The molecular weight excluding hydrogens is 363 g/mol. The Labute approximate surface area is 85.5 Å². The topological polar surface area (TPSA) is 12.9 Å². The first kappa shape index (κ1) is 8.00. The van der Waals surface area contributed by atoms with Gasteiger partial charge in [0.15, 0.2) is 0 Å². The van der Waals surface area contributed by atoms with Crippen molar-refractivity contribution in [2.45, 2.75) is 0 Å². The van der Waals surface area contributed by atoms with Crippen LogP contribution in [-0.2, 0) is 0 Å². The quantitative estimate of drug-likeness (QED) is 0.509. The molecule has 1 rings (SSSR count). The van der Waals surface area contributed by atoms with Gasteiger partial charge in [-0.15, -0.1) is 0 Å². The van der Waals surface area contributed by atoms with Gasteiger partial charge in [-0.3, -0.25) is 0 Å². The molecule has 0 atom stereocenters. The van der Waals surface area contributed by atoms with Gasteiger partial charge in [-0.2, -0.15) is 0 Å². The number of hydrogen-bond donors (Lipinski definition) is 0. The van der Waals surface area contributed by atoms with Gasteiger partial charge in [0, 0.05) is 0 Å². The van der Waals surface area contributed by atoms with Crippen LogP contribution in [0.5, 0.6) is 0 Å². The highest BCUT2D eigenvalue weighted by Gasteiger charge is 1.95. The zero-order valence-corrected chi connectivity index (χ0v) is 9.31. The summed E-state index contributed by atoms with van der Waals surface area (Å²) in [6, 6.07) is 3.87. The van der Waals surface area contributed by atoms with Crippen LogP contribution in [0.1, 0.15) is 0 Å². The van der Waals surface area contributed by atoms with Gasteiger partial charge in [0.2, 0.25) is 0 Å². The molecule has 48 valence electrons. The van der Waals surface area contributed by atoms with Gasteiger partial charge in [0.05, 0.1) is 3.57 Å². The maximum Gasteiger partial charge on any atom is 0.143 e. The second-order valence-electron chi connectivity index (χ2n) is 1.41. The van der Waals surface area contributed by atoms with Crippen LogP contribution in [0, 0.1) is 7.27 Å². The Morgan fingerprint density at radius 2 is 2.00 bits per heavy atom. The molecule has 0 aliphatic carbocycles. The molecule has 1 aromatic rings. The van der Waals surface area contributed by atoms with Crippen molar-refractivity contribution in [2.75, 3.05) is 0 Å². The average Bonchev–Trinajstić information content (AvgIpc) is 1.80. The Bertz CT molecular complexity index is 226. The van der Waals surface area contributed by atoms with Gasteiger partial charge in [-0.1, -0.05) is 11.6 Å². The Morgan fingerprint density at radius 1 is 1.33 bits per heavy atom. The number of aromatic nitrogens is 1. The van der Waals surface area contributed by atoms with Crippen LogP contribution in [0.25, 0.3) is 0 Å². The van der Waals surface area contributed by atoms with Crippen LogP contribution >= 0.6 is 56.8 Å². The van der Waals surface area contributed by atoms with E-state index in [0.29, 0.717) is 5.15 Å². The van der Waals surface area contributed by atoms with E-state index in [4.69, 9.17) is 11.6 Å². The molecule has 0 aliphatic heterocycles. The van der Waals surface area contributed by atoms with Crippen molar-refractivity contribution in [1.29, 1.82) is 0 Å². The molecule has 1 aromatic heterocycles. The fourth-order valence-corrected chi connectivity index (χ4v) is 1.41. The van der Waals surface area contributed by atoms with Crippen molar-refractivity contribution in [1.82, 2.24) is 4.98 Å². The lowest BCUT2D eigenvalue weighted by Gasteiger charge is -1.92. The lowest BCUT2D eigenvalue weighted by molar-refractivity contribution is 1.25. The zero-order chi connectivity index (χ0) is 6.85. The second-order valence-corrected chi connectivity index (χ2v) is 4.03. The minimum absolute atomic E-state index is 0.586. The second kappa shape index (κ2) is 3.34. The molecule has 0 aromatic carbocycles. The summed E-state index contributed by atoms with van der Waals surface area (Å²) < 4.78 is 1.92. The Morgan fingerprint density at radius 3 is 2.44 bits per heavy atom. The maximum atomic E-state index is 5.69. The highest BCUT2D eigenvalue weighted by Crippen LogP contribution is 2.16. The van der Waals surface area contributed by atoms with Crippen LogP contribution in [0.2, 0.25) is 5.15 Å². The largest absolute Gasteiger partial charge is 0.229 e. The van der Waals surface area contributed by atoms with Gasteiger partial charge < -0.3 is 0 Å². The summed E-state index contributed by atoms with van der Waals surface area (Å²) in [6.45, 7) is 0. The number of hydrogen-bond acceptors (Lipinski definition) is 1. The molecule has 1 heterocycles. The summed E-state index contributed by atoms with van der Waals surface area (Å²) in [5.41, 5.74) is 0. The number of pyridine rings is 1. The first-order valence-corrected chi connectivity index (χ1v) is 4.71.